The first kappa shape index (κ1) is 13.0. The molecular formula is C17H21N3O. The number of rotatable bonds is 4. The van der Waals surface area contributed by atoms with Crippen LogP contribution < -0.4 is 0 Å². The molecule has 0 saturated heterocycles. The minimum Gasteiger partial charge on any atom is -0.338 e. The Kier molecular flexibility index (Phi) is 3.26. The van der Waals surface area contributed by atoms with Crippen molar-refractivity contribution in [1.82, 2.24) is 15.0 Å². The molecule has 21 heavy (non-hydrogen) atoms. The summed E-state index contributed by atoms with van der Waals surface area (Å²) in [5.74, 6) is 2.22. The van der Waals surface area contributed by atoms with Gasteiger partial charge in [-0.2, -0.15) is 4.98 Å². The summed E-state index contributed by atoms with van der Waals surface area (Å²) >= 11 is 0. The van der Waals surface area contributed by atoms with E-state index in [1.54, 1.807) is 0 Å². The van der Waals surface area contributed by atoms with Crippen LogP contribution in [0, 0.1) is 0 Å². The van der Waals surface area contributed by atoms with Crippen molar-refractivity contribution < 1.29 is 4.52 Å². The SMILES string of the molecule is CN(Cc1nc(C2CC2)no1)C1CCCc2ccccc21. The van der Waals surface area contributed by atoms with Crippen molar-refractivity contribution in [2.75, 3.05) is 7.05 Å². The highest BCUT2D eigenvalue weighted by Crippen LogP contribution is 2.38. The molecular weight excluding hydrogens is 262 g/mol. The minimum atomic E-state index is 0.464. The summed E-state index contributed by atoms with van der Waals surface area (Å²) in [6.45, 7) is 0.735. The molecule has 2 aliphatic carbocycles. The first-order chi connectivity index (χ1) is 10.3. The van der Waals surface area contributed by atoms with E-state index in [0.717, 1.165) is 18.3 Å². The average molecular weight is 283 g/mol. The van der Waals surface area contributed by atoms with E-state index in [4.69, 9.17) is 4.52 Å². The molecule has 0 N–H and O–H groups in total. The Morgan fingerprint density at radius 1 is 1.24 bits per heavy atom. The zero-order valence-electron chi connectivity index (χ0n) is 12.5. The molecule has 0 radical (unpaired) electrons. The Labute approximate surface area is 125 Å². The molecule has 1 atom stereocenters. The maximum Gasteiger partial charge on any atom is 0.240 e. The van der Waals surface area contributed by atoms with Gasteiger partial charge >= 0.3 is 0 Å². The third-order valence-corrected chi connectivity index (χ3v) is 4.68. The first-order valence-electron chi connectivity index (χ1n) is 7.92. The van der Waals surface area contributed by atoms with Gasteiger partial charge in [0.15, 0.2) is 5.82 Å². The van der Waals surface area contributed by atoms with Gasteiger partial charge in [-0.05, 0) is 50.3 Å². The smallest absolute Gasteiger partial charge is 0.240 e. The van der Waals surface area contributed by atoms with Crippen molar-refractivity contribution in [3.05, 3.63) is 47.1 Å². The molecule has 1 saturated carbocycles. The highest BCUT2D eigenvalue weighted by atomic mass is 16.5. The fourth-order valence-corrected chi connectivity index (χ4v) is 3.35. The van der Waals surface area contributed by atoms with Gasteiger partial charge < -0.3 is 4.52 Å². The van der Waals surface area contributed by atoms with Crippen LogP contribution in [0.25, 0.3) is 0 Å². The first-order valence-corrected chi connectivity index (χ1v) is 7.92. The lowest BCUT2D eigenvalue weighted by molar-refractivity contribution is 0.187. The number of fused-ring (bicyclic) bond motifs is 1. The zero-order chi connectivity index (χ0) is 14.2. The summed E-state index contributed by atoms with van der Waals surface area (Å²) in [7, 11) is 2.16. The molecule has 110 valence electrons. The van der Waals surface area contributed by atoms with Crippen LogP contribution in [0.2, 0.25) is 0 Å². The van der Waals surface area contributed by atoms with E-state index >= 15 is 0 Å². The molecule has 0 spiro atoms. The lowest BCUT2D eigenvalue weighted by Gasteiger charge is -2.32. The second-order valence-electron chi connectivity index (χ2n) is 6.34. The molecule has 0 amide bonds. The summed E-state index contributed by atoms with van der Waals surface area (Å²) in [5.41, 5.74) is 2.96. The quantitative estimate of drug-likeness (QED) is 0.862. The predicted octanol–water partition coefficient (Wildman–Crippen LogP) is 3.46. The van der Waals surface area contributed by atoms with Crippen LogP contribution in [-0.2, 0) is 13.0 Å². The van der Waals surface area contributed by atoms with Gasteiger partial charge in [-0.25, -0.2) is 0 Å². The van der Waals surface area contributed by atoms with E-state index in [1.165, 1.54) is 43.2 Å². The van der Waals surface area contributed by atoms with Gasteiger partial charge in [0, 0.05) is 12.0 Å². The zero-order valence-corrected chi connectivity index (χ0v) is 12.5. The van der Waals surface area contributed by atoms with Crippen molar-refractivity contribution in [2.45, 2.75) is 50.6 Å². The van der Waals surface area contributed by atoms with Gasteiger partial charge in [0.05, 0.1) is 6.54 Å². The molecule has 1 fully saturated rings. The van der Waals surface area contributed by atoms with Crippen LogP contribution in [0.3, 0.4) is 0 Å². The van der Waals surface area contributed by atoms with Gasteiger partial charge in [-0.3, -0.25) is 4.90 Å². The van der Waals surface area contributed by atoms with Crippen molar-refractivity contribution in [1.29, 1.82) is 0 Å². The van der Waals surface area contributed by atoms with Crippen LogP contribution in [0.5, 0.6) is 0 Å². The summed E-state index contributed by atoms with van der Waals surface area (Å²) in [5, 5.41) is 4.11. The molecule has 4 rings (SSSR count). The van der Waals surface area contributed by atoms with Crippen LogP contribution >= 0.6 is 0 Å². The van der Waals surface area contributed by atoms with Crippen molar-refractivity contribution in [3.63, 3.8) is 0 Å². The molecule has 1 heterocycles. The predicted molar refractivity (Wildman–Crippen MR) is 79.9 cm³/mol. The van der Waals surface area contributed by atoms with E-state index in [2.05, 4.69) is 46.4 Å². The third-order valence-electron chi connectivity index (χ3n) is 4.68. The van der Waals surface area contributed by atoms with Crippen LogP contribution in [-0.4, -0.2) is 22.1 Å². The summed E-state index contributed by atoms with van der Waals surface area (Å²) in [6, 6.07) is 9.27. The Balaban J connectivity index is 1.50. The van der Waals surface area contributed by atoms with Gasteiger partial charge in [-0.15, -0.1) is 0 Å². The fraction of sp³-hybridized carbons (Fsp3) is 0.529. The molecule has 4 nitrogen and oxygen atoms in total. The highest BCUT2D eigenvalue weighted by Gasteiger charge is 2.29. The molecule has 2 aliphatic rings. The summed E-state index contributed by atoms with van der Waals surface area (Å²) in [4.78, 5) is 6.89. The lowest BCUT2D eigenvalue weighted by atomic mass is 9.87. The van der Waals surface area contributed by atoms with E-state index < -0.39 is 0 Å². The monoisotopic (exact) mass is 283 g/mol. The number of benzene rings is 1. The molecule has 2 aromatic rings. The number of nitrogens with zero attached hydrogens (tertiary/aromatic N) is 3. The van der Waals surface area contributed by atoms with Crippen LogP contribution in [0.1, 0.15) is 60.5 Å². The van der Waals surface area contributed by atoms with Crippen LogP contribution in [0.4, 0.5) is 0 Å². The highest BCUT2D eigenvalue weighted by molar-refractivity contribution is 5.32. The largest absolute Gasteiger partial charge is 0.338 e. The maximum absolute atomic E-state index is 5.41. The van der Waals surface area contributed by atoms with Gasteiger partial charge in [-0.1, -0.05) is 29.4 Å². The van der Waals surface area contributed by atoms with E-state index in [9.17, 15) is 0 Å². The van der Waals surface area contributed by atoms with Gasteiger partial charge in [0.1, 0.15) is 0 Å². The third kappa shape index (κ3) is 2.60. The van der Waals surface area contributed by atoms with Crippen molar-refractivity contribution in [2.24, 2.45) is 0 Å². The molecule has 1 aromatic heterocycles. The molecule has 1 aromatic carbocycles. The van der Waals surface area contributed by atoms with Crippen molar-refractivity contribution in [3.8, 4) is 0 Å². The van der Waals surface area contributed by atoms with Crippen LogP contribution in [0.15, 0.2) is 28.8 Å². The molecule has 1 unspecified atom stereocenters. The second kappa shape index (κ2) is 5.26. The second-order valence-corrected chi connectivity index (χ2v) is 6.34. The number of hydrogen-bond donors (Lipinski definition) is 0. The lowest BCUT2D eigenvalue weighted by Crippen LogP contribution is -2.27. The van der Waals surface area contributed by atoms with E-state index in [-0.39, 0.29) is 0 Å². The average Bonchev–Trinajstić information content (AvgIpc) is 3.27. The Hall–Kier alpha value is -1.68. The number of hydrogen-bond acceptors (Lipinski definition) is 4. The standard InChI is InChI=1S/C17H21N3O/c1-20(11-16-18-17(19-21-16)13-9-10-13)15-8-4-6-12-5-2-3-7-14(12)15/h2-3,5,7,13,15H,4,6,8-11H2,1H3. The normalized spacial score (nSPS) is 21.5. The number of aromatic nitrogens is 2. The molecule has 0 bridgehead atoms. The fourth-order valence-electron chi connectivity index (χ4n) is 3.35. The van der Waals surface area contributed by atoms with E-state index in [1.807, 2.05) is 0 Å². The topological polar surface area (TPSA) is 42.2 Å². The Morgan fingerprint density at radius 3 is 2.95 bits per heavy atom. The van der Waals surface area contributed by atoms with E-state index in [0.29, 0.717) is 12.0 Å². The molecule has 0 aliphatic heterocycles. The van der Waals surface area contributed by atoms with Gasteiger partial charge in [0.2, 0.25) is 5.89 Å². The minimum absolute atomic E-state index is 0.464. The molecule has 4 heteroatoms. The Bertz CT molecular complexity index is 632. The summed E-state index contributed by atoms with van der Waals surface area (Å²) in [6.07, 6.45) is 6.09. The summed E-state index contributed by atoms with van der Waals surface area (Å²) < 4.78 is 5.41. The number of aryl methyl sites for hydroxylation is 1. The van der Waals surface area contributed by atoms with Gasteiger partial charge in [0.25, 0.3) is 0 Å². The van der Waals surface area contributed by atoms with Crippen molar-refractivity contribution >= 4 is 0 Å². The Morgan fingerprint density at radius 2 is 2.10 bits per heavy atom. The maximum atomic E-state index is 5.41.